The lowest BCUT2D eigenvalue weighted by Gasteiger charge is -2.27. The normalized spacial score (nSPS) is 23.0. The zero-order valence-electron chi connectivity index (χ0n) is 11.1. The van der Waals surface area contributed by atoms with Gasteiger partial charge in [0.1, 0.15) is 0 Å². The van der Waals surface area contributed by atoms with Gasteiger partial charge in [-0.2, -0.15) is 0 Å². The summed E-state index contributed by atoms with van der Waals surface area (Å²) >= 11 is 1.42. The Morgan fingerprint density at radius 2 is 2.32 bits per heavy atom. The fourth-order valence-electron chi connectivity index (χ4n) is 2.22. The molecular weight excluding hydrogens is 262 g/mol. The van der Waals surface area contributed by atoms with Gasteiger partial charge in [0.25, 0.3) is 0 Å². The van der Waals surface area contributed by atoms with Gasteiger partial charge in [0.05, 0.1) is 11.0 Å². The Hall–Kier alpha value is -1.20. The van der Waals surface area contributed by atoms with Gasteiger partial charge >= 0.3 is 0 Å². The lowest BCUT2D eigenvalue weighted by Crippen LogP contribution is -2.41. The minimum Gasteiger partial charge on any atom is -0.378 e. The quantitative estimate of drug-likeness (QED) is 0.843. The van der Waals surface area contributed by atoms with Gasteiger partial charge in [0, 0.05) is 25.5 Å². The lowest BCUT2D eigenvalue weighted by atomic mass is 10.0. The molecule has 0 aromatic carbocycles. The lowest BCUT2D eigenvalue weighted by molar-refractivity contribution is -0.122. The number of ketones is 1. The van der Waals surface area contributed by atoms with Gasteiger partial charge in [0.15, 0.2) is 5.78 Å². The first kappa shape index (κ1) is 14.2. The Morgan fingerprint density at radius 3 is 3.00 bits per heavy atom. The summed E-state index contributed by atoms with van der Waals surface area (Å²) in [4.78, 5) is 24.3. The van der Waals surface area contributed by atoms with Crippen LogP contribution in [0.3, 0.4) is 0 Å². The molecule has 1 N–H and O–H groups in total. The van der Waals surface area contributed by atoms with Crippen LogP contribution in [0.2, 0.25) is 0 Å². The number of hydrogen-bond donors (Lipinski definition) is 1. The molecule has 1 aromatic heterocycles. The highest BCUT2D eigenvalue weighted by atomic mass is 32.1. The Bertz CT molecular complexity index is 430. The number of ether oxygens (including phenoxy) is 1. The van der Waals surface area contributed by atoms with Crippen LogP contribution in [0.5, 0.6) is 0 Å². The summed E-state index contributed by atoms with van der Waals surface area (Å²) in [7, 11) is 0. The summed E-state index contributed by atoms with van der Waals surface area (Å²) in [5.74, 6) is 0.00880. The first-order chi connectivity index (χ1) is 9.15. The predicted molar refractivity (Wildman–Crippen MR) is 74.5 cm³/mol. The van der Waals surface area contributed by atoms with Crippen LogP contribution in [-0.4, -0.2) is 30.4 Å². The van der Waals surface area contributed by atoms with Crippen molar-refractivity contribution in [2.45, 2.75) is 44.8 Å². The van der Waals surface area contributed by atoms with Gasteiger partial charge in [0.2, 0.25) is 5.91 Å². The smallest absolute Gasteiger partial charge is 0.220 e. The molecule has 1 fully saturated rings. The monoisotopic (exact) mass is 281 g/mol. The maximum atomic E-state index is 11.8. The van der Waals surface area contributed by atoms with Gasteiger partial charge in [-0.15, -0.1) is 11.3 Å². The molecule has 5 heteroatoms. The van der Waals surface area contributed by atoms with Crippen molar-refractivity contribution in [1.82, 2.24) is 5.32 Å². The highest BCUT2D eigenvalue weighted by Gasteiger charge is 2.21. The highest BCUT2D eigenvalue weighted by molar-refractivity contribution is 7.12. The van der Waals surface area contributed by atoms with E-state index in [1.54, 1.807) is 6.07 Å². The fourth-order valence-corrected chi connectivity index (χ4v) is 2.91. The minimum atomic E-state index is -0.0380. The largest absolute Gasteiger partial charge is 0.378 e. The van der Waals surface area contributed by atoms with E-state index in [-0.39, 0.29) is 36.7 Å². The van der Waals surface area contributed by atoms with Gasteiger partial charge < -0.3 is 10.1 Å². The zero-order valence-corrected chi connectivity index (χ0v) is 11.9. The first-order valence-electron chi connectivity index (χ1n) is 6.63. The third kappa shape index (κ3) is 4.44. The number of carbonyl (C=O) groups is 2. The molecule has 1 aliphatic heterocycles. The molecule has 2 rings (SSSR count). The number of Topliss-reactive ketones (excluding diaryl/α,β-unsaturated/α-hetero) is 1. The van der Waals surface area contributed by atoms with E-state index in [2.05, 4.69) is 5.32 Å². The van der Waals surface area contributed by atoms with Crippen molar-refractivity contribution in [3.05, 3.63) is 22.4 Å². The number of nitrogens with one attached hydrogen (secondary N) is 1. The van der Waals surface area contributed by atoms with E-state index in [0.717, 1.165) is 17.7 Å². The summed E-state index contributed by atoms with van der Waals surface area (Å²) < 4.78 is 5.43. The number of carbonyl (C=O) groups excluding carboxylic acids is 2. The van der Waals surface area contributed by atoms with Crippen LogP contribution in [0.25, 0.3) is 0 Å². The van der Waals surface area contributed by atoms with Crippen molar-refractivity contribution in [1.29, 1.82) is 0 Å². The van der Waals surface area contributed by atoms with Crippen molar-refractivity contribution in [3.8, 4) is 0 Å². The molecule has 2 heterocycles. The standard InChI is InChI=1S/C14H19NO3S/c1-10-9-11(6-7-18-10)15-14(17)5-4-12(16)13-3-2-8-19-13/h2-3,8,10-11H,4-7,9H2,1H3,(H,15,17). The maximum absolute atomic E-state index is 11.8. The van der Waals surface area contributed by atoms with Crippen LogP contribution in [-0.2, 0) is 9.53 Å². The van der Waals surface area contributed by atoms with Crippen LogP contribution >= 0.6 is 11.3 Å². The molecule has 1 aromatic rings. The van der Waals surface area contributed by atoms with Gasteiger partial charge in [-0.1, -0.05) is 6.07 Å². The zero-order chi connectivity index (χ0) is 13.7. The number of rotatable bonds is 5. The van der Waals surface area contributed by atoms with Crippen molar-refractivity contribution in [3.63, 3.8) is 0 Å². The average Bonchev–Trinajstić information content (AvgIpc) is 2.90. The van der Waals surface area contributed by atoms with Crippen molar-refractivity contribution in [2.24, 2.45) is 0 Å². The van der Waals surface area contributed by atoms with E-state index in [1.165, 1.54) is 11.3 Å². The van der Waals surface area contributed by atoms with Crippen molar-refractivity contribution < 1.29 is 14.3 Å². The van der Waals surface area contributed by atoms with Crippen LogP contribution in [0, 0.1) is 0 Å². The second-order valence-electron chi connectivity index (χ2n) is 4.87. The molecule has 19 heavy (non-hydrogen) atoms. The molecule has 4 nitrogen and oxygen atoms in total. The summed E-state index contributed by atoms with van der Waals surface area (Å²) in [5.41, 5.74) is 0. The number of hydrogen-bond acceptors (Lipinski definition) is 4. The molecule has 0 aliphatic carbocycles. The van der Waals surface area contributed by atoms with Crippen molar-refractivity contribution in [2.75, 3.05) is 6.61 Å². The van der Waals surface area contributed by atoms with Crippen molar-refractivity contribution >= 4 is 23.0 Å². The molecule has 1 aliphatic rings. The van der Waals surface area contributed by atoms with Crippen LogP contribution in [0.15, 0.2) is 17.5 Å². The van der Waals surface area contributed by atoms with Crippen LogP contribution in [0.4, 0.5) is 0 Å². The summed E-state index contributed by atoms with van der Waals surface area (Å²) in [6, 6.07) is 3.83. The molecule has 1 saturated heterocycles. The Morgan fingerprint density at radius 1 is 1.47 bits per heavy atom. The van der Waals surface area contributed by atoms with Crippen LogP contribution in [0.1, 0.15) is 42.3 Å². The Balaban J connectivity index is 1.71. The predicted octanol–water partition coefficient (Wildman–Crippen LogP) is 2.39. The summed E-state index contributed by atoms with van der Waals surface area (Å²) in [6.45, 7) is 2.71. The summed E-state index contributed by atoms with van der Waals surface area (Å²) in [5, 5.41) is 4.85. The molecule has 2 unspecified atom stereocenters. The van der Waals surface area contributed by atoms with Gasteiger partial charge in [-0.25, -0.2) is 0 Å². The second-order valence-corrected chi connectivity index (χ2v) is 5.82. The molecule has 2 atom stereocenters. The Kier molecular flexibility index (Phi) is 5.10. The van der Waals surface area contributed by atoms with E-state index in [1.807, 2.05) is 18.4 Å². The Labute approximate surface area is 117 Å². The van der Waals surface area contributed by atoms with E-state index >= 15 is 0 Å². The highest BCUT2D eigenvalue weighted by Crippen LogP contribution is 2.14. The van der Waals surface area contributed by atoms with Gasteiger partial charge in [-0.05, 0) is 31.2 Å². The molecule has 0 saturated carbocycles. The molecule has 104 valence electrons. The molecule has 0 spiro atoms. The third-order valence-corrected chi connectivity index (χ3v) is 4.14. The molecular formula is C14H19NO3S. The average molecular weight is 281 g/mol. The van der Waals surface area contributed by atoms with E-state index in [9.17, 15) is 9.59 Å². The third-order valence-electron chi connectivity index (χ3n) is 3.23. The van der Waals surface area contributed by atoms with Gasteiger partial charge in [-0.3, -0.25) is 9.59 Å². The number of thiophene rings is 1. The maximum Gasteiger partial charge on any atom is 0.220 e. The van der Waals surface area contributed by atoms with Crippen LogP contribution < -0.4 is 5.32 Å². The van der Waals surface area contributed by atoms with E-state index < -0.39 is 0 Å². The second kappa shape index (κ2) is 6.82. The number of amides is 1. The topological polar surface area (TPSA) is 55.4 Å². The first-order valence-corrected chi connectivity index (χ1v) is 7.51. The SMILES string of the molecule is CC1CC(NC(=O)CCC(=O)c2cccs2)CCO1. The minimum absolute atomic E-state index is 0.0380. The molecule has 1 amide bonds. The van der Waals surface area contributed by atoms with E-state index in [0.29, 0.717) is 6.61 Å². The molecule has 0 bridgehead atoms. The van der Waals surface area contributed by atoms with E-state index in [4.69, 9.17) is 4.74 Å². The molecule has 0 radical (unpaired) electrons. The summed E-state index contributed by atoms with van der Waals surface area (Å²) in [6.07, 6.45) is 2.46. The fraction of sp³-hybridized carbons (Fsp3) is 0.571.